The topological polar surface area (TPSA) is 80.0 Å². The zero-order valence-electron chi connectivity index (χ0n) is 12.7. The molecule has 6 nitrogen and oxygen atoms in total. The van der Waals surface area contributed by atoms with E-state index in [1.165, 1.54) is 0 Å². The third-order valence-corrected chi connectivity index (χ3v) is 4.07. The fourth-order valence-electron chi connectivity index (χ4n) is 2.08. The molecule has 0 spiro atoms. The second kappa shape index (κ2) is 6.71. The summed E-state index contributed by atoms with van der Waals surface area (Å²) in [4.78, 5) is 17.1. The van der Waals surface area contributed by atoms with E-state index < -0.39 is 0 Å². The molecular weight excluding hydrogens is 288 g/mol. The van der Waals surface area contributed by atoms with Gasteiger partial charge in [-0.15, -0.1) is 11.3 Å². The van der Waals surface area contributed by atoms with Crippen LogP contribution in [0.1, 0.15) is 33.8 Å². The summed E-state index contributed by atoms with van der Waals surface area (Å²) in [5, 5.41) is 10.7. The van der Waals surface area contributed by atoms with Gasteiger partial charge in [-0.05, 0) is 34.1 Å². The molecule has 2 aromatic heterocycles. The monoisotopic (exact) mass is 308 g/mol. The molecule has 2 aromatic rings. The van der Waals surface area contributed by atoms with Gasteiger partial charge in [0.2, 0.25) is 0 Å². The first-order valence-electron chi connectivity index (χ1n) is 6.83. The van der Waals surface area contributed by atoms with Gasteiger partial charge < -0.3 is 15.2 Å². The van der Waals surface area contributed by atoms with Crippen molar-refractivity contribution in [2.75, 3.05) is 0 Å². The van der Waals surface area contributed by atoms with Gasteiger partial charge in [-0.3, -0.25) is 0 Å². The van der Waals surface area contributed by atoms with Gasteiger partial charge >= 0.3 is 6.03 Å². The summed E-state index contributed by atoms with van der Waals surface area (Å²) >= 11 is 1.58. The van der Waals surface area contributed by atoms with Gasteiger partial charge in [0.25, 0.3) is 0 Å². The molecule has 2 amide bonds. The smallest absolute Gasteiger partial charge is 0.315 e. The number of urea groups is 1. The third kappa shape index (κ3) is 4.29. The summed E-state index contributed by atoms with van der Waals surface area (Å²) < 4.78 is 5.12. The van der Waals surface area contributed by atoms with Crippen LogP contribution in [0, 0.1) is 20.8 Å². The van der Waals surface area contributed by atoms with E-state index in [1.54, 1.807) is 17.5 Å². The molecule has 2 rings (SSSR count). The Morgan fingerprint density at radius 1 is 1.43 bits per heavy atom. The van der Waals surface area contributed by atoms with E-state index >= 15 is 0 Å². The number of thiazole rings is 1. The Hall–Kier alpha value is -1.89. The van der Waals surface area contributed by atoms with Gasteiger partial charge in [0.1, 0.15) is 5.76 Å². The van der Waals surface area contributed by atoms with Crippen molar-refractivity contribution in [1.29, 1.82) is 0 Å². The largest absolute Gasteiger partial charge is 0.361 e. The standard InChI is InChI=1S/C14H20N4O2S/c1-8(5-13-9(2)18-20-10(13)3)17-14(19)16-7-12-6-15-11(4)21-12/h6,8H,5,7H2,1-4H3,(H2,16,17,19). The number of aromatic nitrogens is 2. The first-order chi connectivity index (χ1) is 9.95. The Balaban J connectivity index is 1.79. The predicted molar refractivity (Wildman–Crippen MR) is 81.4 cm³/mol. The van der Waals surface area contributed by atoms with Crippen LogP contribution >= 0.6 is 11.3 Å². The van der Waals surface area contributed by atoms with Gasteiger partial charge in [0.05, 0.1) is 17.2 Å². The SMILES string of the molecule is Cc1ncc(CNC(=O)NC(C)Cc2c(C)noc2C)s1. The summed E-state index contributed by atoms with van der Waals surface area (Å²) in [6.07, 6.45) is 2.49. The zero-order valence-corrected chi connectivity index (χ0v) is 13.5. The Morgan fingerprint density at radius 3 is 2.76 bits per heavy atom. The van der Waals surface area contributed by atoms with Crippen LogP contribution in [0.4, 0.5) is 4.79 Å². The lowest BCUT2D eigenvalue weighted by atomic mass is 10.1. The second-order valence-electron chi connectivity index (χ2n) is 5.08. The minimum Gasteiger partial charge on any atom is -0.361 e. The number of carbonyl (C=O) groups is 1. The van der Waals surface area contributed by atoms with Crippen molar-refractivity contribution in [3.05, 3.63) is 33.1 Å². The van der Waals surface area contributed by atoms with Gasteiger partial charge in [0.15, 0.2) is 0 Å². The number of nitrogens with one attached hydrogen (secondary N) is 2. The van der Waals surface area contributed by atoms with Gasteiger partial charge in [-0.2, -0.15) is 0 Å². The maximum atomic E-state index is 11.9. The zero-order chi connectivity index (χ0) is 15.4. The maximum Gasteiger partial charge on any atom is 0.315 e. The Morgan fingerprint density at radius 2 is 2.19 bits per heavy atom. The maximum absolute atomic E-state index is 11.9. The molecule has 114 valence electrons. The molecular formula is C14H20N4O2S. The van der Waals surface area contributed by atoms with Crippen LogP contribution in [-0.4, -0.2) is 22.2 Å². The molecule has 21 heavy (non-hydrogen) atoms. The highest BCUT2D eigenvalue weighted by Gasteiger charge is 2.14. The van der Waals surface area contributed by atoms with E-state index in [0.29, 0.717) is 13.0 Å². The highest BCUT2D eigenvalue weighted by molar-refractivity contribution is 7.11. The third-order valence-electron chi connectivity index (χ3n) is 3.16. The van der Waals surface area contributed by atoms with Crippen molar-refractivity contribution in [3.8, 4) is 0 Å². The molecule has 7 heteroatoms. The molecule has 0 bridgehead atoms. The van der Waals surface area contributed by atoms with Gasteiger partial charge in [0, 0.05) is 22.7 Å². The summed E-state index contributed by atoms with van der Waals surface area (Å²) in [6, 6.07) is -0.176. The lowest BCUT2D eigenvalue weighted by Gasteiger charge is -2.14. The van der Waals surface area contributed by atoms with Crippen molar-refractivity contribution in [3.63, 3.8) is 0 Å². The van der Waals surface area contributed by atoms with Crippen molar-refractivity contribution in [1.82, 2.24) is 20.8 Å². The molecule has 2 N–H and O–H groups in total. The number of amides is 2. The van der Waals surface area contributed by atoms with Crippen LogP contribution in [-0.2, 0) is 13.0 Å². The quantitative estimate of drug-likeness (QED) is 0.889. The summed E-state index contributed by atoms with van der Waals surface area (Å²) in [5.41, 5.74) is 1.93. The molecule has 1 atom stereocenters. The fourth-order valence-corrected chi connectivity index (χ4v) is 2.81. The van der Waals surface area contributed by atoms with Crippen LogP contribution in [0.3, 0.4) is 0 Å². The molecule has 0 fully saturated rings. The van der Waals surface area contributed by atoms with Gasteiger partial charge in [-0.1, -0.05) is 5.16 Å². The van der Waals surface area contributed by atoms with Crippen LogP contribution in [0.25, 0.3) is 0 Å². The summed E-state index contributed by atoms with van der Waals surface area (Å²) in [5.74, 6) is 0.807. The number of hydrogen-bond donors (Lipinski definition) is 2. The number of hydrogen-bond acceptors (Lipinski definition) is 5. The molecule has 1 unspecified atom stereocenters. The van der Waals surface area contributed by atoms with Crippen LogP contribution in [0.5, 0.6) is 0 Å². The molecule has 0 aromatic carbocycles. The molecule has 2 heterocycles. The van der Waals surface area contributed by atoms with E-state index in [2.05, 4.69) is 20.8 Å². The molecule has 0 aliphatic carbocycles. The summed E-state index contributed by atoms with van der Waals surface area (Å²) in [6.45, 7) is 8.19. The van der Waals surface area contributed by atoms with Crippen LogP contribution in [0.15, 0.2) is 10.7 Å². The first kappa shape index (κ1) is 15.5. The first-order valence-corrected chi connectivity index (χ1v) is 7.64. The highest BCUT2D eigenvalue weighted by Crippen LogP contribution is 2.14. The van der Waals surface area contributed by atoms with E-state index in [0.717, 1.165) is 26.9 Å². The molecule has 0 saturated carbocycles. The highest BCUT2D eigenvalue weighted by atomic mass is 32.1. The normalized spacial score (nSPS) is 12.2. The lowest BCUT2D eigenvalue weighted by molar-refractivity contribution is 0.237. The van der Waals surface area contributed by atoms with Crippen molar-refractivity contribution in [2.45, 2.75) is 46.7 Å². The average Bonchev–Trinajstić information content (AvgIpc) is 2.97. The van der Waals surface area contributed by atoms with Crippen molar-refractivity contribution >= 4 is 17.4 Å². The molecule has 0 aliphatic heterocycles. The number of aryl methyl sites for hydroxylation is 3. The number of nitrogens with zero attached hydrogens (tertiary/aromatic N) is 2. The fraction of sp³-hybridized carbons (Fsp3) is 0.500. The summed E-state index contributed by atoms with van der Waals surface area (Å²) in [7, 11) is 0. The lowest BCUT2D eigenvalue weighted by Crippen LogP contribution is -2.41. The minimum absolute atomic E-state index is 0.00463. The van der Waals surface area contributed by atoms with E-state index in [4.69, 9.17) is 4.52 Å². The number of rotatable bonds is 5. The van der Waals surface area contributed by atoms with E-state index in [1.807, 2.05) is 27.7 Å². The average molecular weight is 308 g/mol. The Bertz CT molecular complexity index is 601. The van der Waals surface area contributed by atoms with Crippen LogP contribution in [0.2, 0.25) is 0 Å². The van der Waals surface area contributed by atoms with E-state index in [9.17, 15) is 4.79 Å². The Labute approximate surface area is 127 Å². The number of carbonyl (C=O) groups excluding carboxylic acids is 1. The van der Waals surface area contributed by atoms with E-state index in [-0.39, 0.29) is 12.1 Å². The van der Waals surface area contributed by atoms with Crippen LogP contribution < -0.4 is 10.6 Å². The van der Waals surface area contributed by atoms with Gasteiger partial charge in [-0.25, -0.2) is 9.78 Å². The molecule has 0 saturated heterocycles. The predicted octanol–water partition coefficient (Wildman–Crippen LogP) is 2.49. The molecule has 0 radical (unpaired) electrons. The second-order valence-corrected chi connectivity index (χ2v) is 6.40. The minimum atomic E-state index is -0.180. The van der Waals surface area contributed by atoms with Crippen molar-refractivity contribution in [2.24, 2.45) is 0 Å². The van der Waals surface area contributed by atoms with Crippen molar-refractivity contribution < 1.29 is 9.32 Å². The Kier molecular flexibility index (Phi) is 4.95. The molecule has 0 aliphatic rings.